The van der Waals surface area contributed by atoms with Gasteiger partial charge in [0.2, 0.25) is 11.8 Å². The molecule has 2 aromatic carbocycles. The summed E-state index contributed by atoms with van der Waals surface area (Å²) in [7, 11) is 3.72. The minimum atomic E-state index is -1.07. The number of piperidine rings is 2. The molecule has 0 saturated carbocycles. The molecule has 0 bridgehead atoms. The average Bonchev–Trinajstić information content (AvgIpc) is 4.01. The smallest absolute Gasteiger partial charge is 0.381 e. The van der Waals surface area contributed by atoms with Gasteiger partial charge in [0.1, 0.15) is 11.6 Å². The Bertz CT molecular complexity index is 2270. The number of hydrogen-bond acceptors (Lipinski definition) is 7. The third-order valence-electron chi connectivity index (χ3n) is 12.5. The number of carbonyl (C=O) groups is 4. The number of anilines is 2. The van der Waals surface area contributed by atoms with Crippen LogP contribution in [-0.2, 0) is 22.4 Å². The van der Waals surface area contributed by atoms with E-state index in [9.17, 15) is 19.2 Å². The number of nitrogens with one attached hydrogen (secondary N) is 1. The Kier molecular flexibility index (Phi) is 15.1. The van der Waals surface area contributed by atoms with Gasteiger partial charge in [-0.3, -0.25) is 14.4 Å². The van der Waals surface area contributed by atoms with Crippen molar-refractivity contribution in [3.05, 3.63) is 68.3 Å². The molecule has 2 aromatic rings. The van der Waals surface area contributed by atoms with Crippen LogP contribution in [0.4, 0.5) is 20.2 Å². The van der Waals surface area contributed by atoms with Crippen LogP contribution in [0.3, 0.4) is 0 Å². The summed E-state index contributed by atoms with van der Waals surface area (Å²) in [5.74, 6) is 6.24. The number of primary amides is 2. The first kappa shape index (κ1) is 45.7. The summed E-state index contributed by atoms with van der Waals surface area (Å²) in [6.07, 6.45) is 11.5. The molecule has 11 nitrogen and oxygen atoms in total. The number of carboxylic acids is 1. The van der Waals surface area contributed by atoms with Crippen molar-refractivity contribution in [1.29, 1.82) is 0 Å². The summed E-state index contributed by atoms with van der Waals surface area (Å²) in [5, 5.41) is 11.1. The zero-order valence-corrected chi connectivity index (χ0v) is 35.7. The van der Waals surface area contributed by atoms with Gasteiger partial charge < -0.3 is 36.6 Å². The predicted molar refractivity (Wildman–Crippen MR) is 233 cm³/mol. The van der Waals surface area contributed by atoms with Crippen LogP contribution in [0.25, 0.3) is 11.1 Å². The zero-order valence-electron chi connectivity index (χ0n) is 34.9. The van der Waals surface area contributed by atoms with Gasteiger partial charge in [-0.2, -0.15) is 0 Å². The lowest BCUT2D eigenvalue weighted by Crippen LogP contribution is -2.48. The fourth-order valence-electron chi connectivity index (χ4n) is 9.82. The van der Waals surface area contributed by atoms with Crippen molar-refractivity contribution in [2.75, 3.05) is 50.1 Å². The van der Waals surface area contributed by atoms with E-state index in [4.69, 9.17) is 16.6 Å². The van der Waals surface area contributed by atoms with E-state index in [1.54, 1.807) is 18.9 Å². The van der Waals surface area contributed by atoms with Crippen LogP contribution in [0, 0.1) is 35.3 Å². The summed E-state index contributed by atoms with van der Waals surface area (Å²) in [6, 6.07) is 3.02. The lowest BCUT2D eigenvalue weighted by atomic mass is 9.93. The SMILES string of the molecule is CC#CC(=O)N(C)[C@H]1CCCN(c2c(F)cc(C(N)=O)c3c2C2=C(CCC2)C3)C1.CC#CC(=O)O.CN[C@H]1CCCN(c2c(F)cc(C(N)=O)c3c2C2=C(CCC2)C3)C1.Cl. The maximum atomic E-state index is 15.3. The first-order valence-corrected chi connectivity index (χ1v) is 20.5. The number of halogens is 3. The van der Waals surface area contributed by atoms with E-state index in [2.05, 4.69) is 28.0 Å². The molecule has 320 valence electrons. The Balaban J connectivity index is 0.000000200. The van der Waals surface area contributed by atoms with Crippen LogP contribution in [-0.4, -0.2) is 86.1 Å². The molecular weight excluding hydrogens is 790 g/mol. The van der Waals surface area contributed by atoms with E-state index in [1.165, 1.54) is 41.3 Å². The first-order valence-electron chi connectivity index (χ1n) is 20.5. The number of fused-ring (bicyclic) bond motifs is 4. The van der Waals surface area contributed by atoms with Gasteiger partial charge in [0.25, 0.3) is 5.91 Å². The molecule has 0 radical (unpaired) electrons. The van der Waals surface area contributed by atoms with E-state index in [1.807, 2.05) is 17.9 Å². The highest BCUT2D eigenvalue weighted by Crippen LogP contribution is 2.51. The van der Waals surface area contributed by atoms with Gasteiger partial charge in [0.05, 0.1) is 11.4 Å². The highest BCUT2D eigenvalue weighted by Gasteiger charge is 2.37. The highest BCUT2D eigenvalue weighted by atomic mass is 35.5. The fourth-order valence-corrected chi connectivity index (χ4v) is 9.82. The molecule has 2 heterocycles. The largest absolute Gasteiger partial charge is 0.472 e. The molecule has 2 aliphatic heterocycles. The van der Waals surface area contributed by atoms with Gasteiger partial charge in [-0.25, -0.2) is 13.6 Å². The molecule has 2 atom stereocenters. The molecule has 0 spiro atoms. The molecule has 8 rings (SSSR count). The number of rotatable bonds is 6. The second kappa shape index (κ2) is 19.8. The van der Waals surface area contributed by atoms with Gasteiger partial charge in [0, 0.05) is 73.5 Å². The molecule has 60 heavy (non-hydrogen) atoms. The maximum absolute atomic E-state index is 15.3. The Hall–Kier alpha value is -5.37. The number of likely N-dealkylation sites (N-methyl/N-ethyl adjacent to an activating group) is 2. The fraction of sp³-hybridized carbons (Fsp3) is 0.478. The van der Waals surface area contributed by atoms with Crippen LogP contribution in [0.1, 0.15) is 121 Å². The summed E-state index contributed by atoms with van der Waals surface area (Å²) in [4.78, 5) is 51.3. The lowest BCUT2D eigenvalue weighted by Gasteiger charge is -2.39. The van der Waals surface area contributed by atoms with Crippen LogP contribution < -0.4 is 26.6 Å². The van der Waals surface area contributed by atoms with Crippen LogP contribution >= 0.6 is 12.4 Å². The number of carboxylic acid groups (broad SMARTS) is 1. The molecule has 2 saturated heterocycles. The Morgan fingerprint density at radius 3 is 1.68 bits per heavy atom. The van der Waals surface area contributed by atoms with Crippen LogP contribution in [0.2, 0.25) is 0 Å². The third kappa shape index (κ3) is 9.33. The lowest BCUT2D eigenvalue weighted by molar-refractivity contribution is -0.130. The third-order valence-corrected chi connectivity index (χ3v) is 12.5. The minimum absolute atomic E-state index is 0. The van der Waals surface area contributed by atoms with Crippen molar-refractivity contribution in [3.8, 4) is 23.7 Å². The maximum Gasteiger partial charge on any atom is 0.381 e. The summed E-state index contributed by atoms with van der Waals surface area (Å²) in [6.45, 7) is 6.06. The quantitative estimate of drug-likeness (QED) is 0.258. The standard InChI is InChI=1S/C23H26FN3O2.C19H24FN3O.C4H4O2.ClH/c1-3-6-20(28)26(2)15-8-5-10-27(13-15)22-19(24)12-18(23(25)29)17-11-14-7-4-9-16(14)21(17)22;1-22-12-5-3-7-23(10-12)18-16(20)9-15(19(21)24)14-8-11-4-2-6-13(11)17(14)18;1-2-3-4(5)6;/h12,15H,4-5,7-11,13H2,1-2H3,(H2,25,29);9,12,22H,2-8,10H2,1H3,(H2,21,24);1H3,(H,5,6);1H/t15-;12-;;/m00../s1. The number of nitrogens with two attached hydrogens (primary N) is 2. The summed E-state index contributed by atoms with van der Waals surface area (Å²) in [5.41, 5.74) is 21.9. The molecule has 6 aliphatic rings. The number of benzene rings is 2. The number of nitrogens with zero attached hydrogens (tertiary/aromatic N) is 3. The topological polar surface area (TPSA) is 162 Å². The van der Waals surface area contributed by atoms with Crippen molar-refractivity contribution in [3.63, 3.8) is 0 Å². The molecular formula is C46H55ClF2N6O5. The number of carbonyl (C=O) groups excluding carboxylic acids is 3. The van der Waals surface area contributed by atoms with Crippen molar-refractivity contribution in [2.45, 2.75) is 103 Å². The molecule has 4 aliphatic carbocycles. The summed E-state index contributed by atoms with van der Waals surface area (Å²) < 4.78 is 30.4. The molecule has 0 aromatic heterocycles. The number of aliphatic carboxylic acids is 1. The Labute approximate surface area is 357 Å². The van der Waals surface area contributed by atoms with Crippen molar-refractivity contribution in [2.24, 2.45) is 11.5 Å². The number of allylic oxidation sites excluding steroid dienone is 4. The zero-order chi connectivity index (χ0) is 42.5. The normalized spacial score (nSPS) is 19.4. The molecule has 6 N–H and O–H groups in total. The van der Waals surface area contributed by atoms with E-state index < -0.39 is 23.6 Å². The average molecular weight is 845 g/mol. The van der Waals surface area contributed by atoms with Crippen LogP contribution in [0.15, 0.2) is 23.3 Å². The first-order chi connectivity index (χ1) is 28.3. The molecule has 14 heteroatoms. The van der Waals surface area contributed by atoms with Gasteiger partial charge in [-0.1, -0.05) is 23.0 Å². The second-order valence-electron chi connectivity index (χ2n) is 16.0. The van der Waals surface area contributed by atoms with E-state index >= 15 is 8.78 Å². The number of hydrogen-bond donors (Lipinski definition) is 4. The monoisotopic (exact) mass is 844 g/mol. The van der Waals surface area contributed by atoms with Crippen LogP contribution in [0.5, 0.6) is 0 Å². The molecule has 2 fully saturated rings. The van der Waals surface area contributed by atoms with Gasteiger partial charge >= 0.3 is 5.97 Å². The Morgan fingerprint density at radius 2 is 1.25 bits per heavy atom. The highest BCUT2D eigenvalue weighted by molar-refractivity contribution is 6.01. The van der Waals surface area contributed by atoms with E-state index in [0.29, 0.717) is 41.5 Å². The predicted octanol–water partition coefficient (Wildman–Crippen LogP) is 5.99. The second-order valence-corrected chi connectivity index (χ2v) is 16.0. The van der Waals surface area contributed by atoms with Gasteiger partial charge in [-0.15, -0.1) is 12.4 Å². The molecule has 0 unspecified atom stereocenters. The number of amides is 3. The van der Waals surface area contributed by atoms with Crippen molar-refractivity contribution < 1.29 is 33.1 Å². The molecule has 3 amide bonds. The Morgan fingerprint density at radius 1 is 0.767 bits per heavy atom. The van der Waals surface area contributed by atoms with Crippen molar-refractivity contribution in [1.82, 2.24) is 10.2 Å². The minimum Gasteiger partial charge on any atom is -0.472 e. The van der Waals surface area contributed by atoms with Gasteiger partial charge in [0.15, 0.2) is 0 Å². The summed E-state index contributed by atoms with van der Waals surface area (Å²) >= 11 is 0. The van der Waals surface area contributed by atoms with E-state index in [-0.39, 0.29) is 30.2 Å². The van der Waals surface area contributed by atoms with Gasteiger partial charge in [-0.05, 0) is 138 Å². The van der Waals surface area contributed by atoms with E-state index in [0.717, 1.165) is 113 Å². The van der Waals surface area contributed by atoms with Crippen molar-refractivity contribution >= 4 is 58.6 Å².